The highest BCUT2D eigenvalue weighted by Crippen LogP contribution is 2.16. The maximum atomic E-state index is 12.7. The molecule has 4 aromatic rings. The number of benzene rings is 2. The molecule has 136 valence electrons. The first-order valence-corrected chi connectivity index (χ1v) is 8.80. The van der Waals surface area contributed by atoms with Gasteiger partial charge in [0, 0.05) is 17.8 Å². The topological polar surface area (TPSA) is 81.3 Å². The molecule has 2 heterocycles. The van der Waals surface area contributed by atoms with Crippen molar-refractivity contribution in [1.29, 1.82) is 0 Å². The summed E-state index contributed by atoms with van der Waals surface area (Å²) >= 11 is 0. The maximum Gasteiger partial charge on any atom is 0.262 e. The van der Waals surface area contributed by atoms with Gasteiger partial charge in [0.1, 0.15) is 0 Å². The second kappa shape index (κ2) is 6.68. The molecule has 0 unspecified atom stereocenters. The molecule has 0 saturated carbocycles. The average molecular weight is 361 g/mol. The number of rotatable bonds is 5. The summed E-state index contributed by atoms with van der Waals surface area (Å²) < 4.78 is 3.53. The number of hydrogen-bond donors (Lipinski definition) is 1. The molecule has 0 aliphatic carbocycles. The summed E-state index contributed by atoms with van der Waals surface area (Å²) in [5.74, 6) is 1.23. The van der Waals surface area contributed by atoms with Crippen molar-refractivity contribution in [3.8, 4) is 0 Å². The SMILES string of the molecule is CCn1c(=O)c2ccccc2n2c(CNc3cccc(C(C)=O)c3)nnc12. The second-order valence-corrected chi connectivity index (χ2v) is 6.31. The minimum atomic E-state index is -0.0679. The Hall–Kier alpha value is -3.48. The van der Waals surface area contributed by atoms with E-state index in [4.69, 9.17) is 0 Å². The predicted molar refractivity (Wildman–Crippen MR) is 104 cm³/mol. The lowest BCUT2D eigenvalue weighted by molar-refractivity contribution is 0.101. The van der Waals surface area contributed by atoms with E-state index in [1.54, 1.807) is 17.6 Å². The molecular weight excluding hydrogens is 342 g/mol. The molecule has 7 heteroatoms. The average Bonchev–Trinajstić information content (AvgIpc) is 3.11. The Morgan fingerprint density at radius 1 is 1.11 bits per heavy atom. The highest BCUT2D eigenvalue weighted by Gasteiger charge is 2.15. The van der Waals surface area contributed by atoms with Gasteiger partial charge in [-0.05, 0) is 38.1 Å². The van der Waals surface area contributed by atoms with Gasteiger partial charge in [-0.25, -0.2) is 0 Å². The molecule has 0 aliphatic rings. The minimum absolute atomic E-state index is 0.0181. The number of para-hydroxylation sites is 1. The van der Waals surface area contributed by atoms with Gasteiger partial charge in [0.2, 0.25) is 5.78 Å². The van der Waals surface area contributed by atoms with Crippen molar-refractivity contribution in [1.82, 2.24) is 19.2 Å². The fourth-order valence-electron chi connectivity index (χ4n) is 3.24. The molecule has 0 aliphatic heterocycles. The standard InChI is InChI=1S/C20H19N5O2/c1-3-24-19(27)16-9-4-5-10-17(16)25-18(22-23-20(24)25)12-21-15-8-6-7-14(11-15)13(2)26/h4-11,21H,3,12H2,1-2H3. The van der Waals surface area contributed by atoms with Crippen molar-refractivity contribution < 1.29 is 4.79 Å². The highest BCUT2D eigenvalue weighted by atomic mass is 16.1. The number of carbonyl (C=O) groups is 1. The molecule has 0 bridgehead atoms. The number of nitrogens with zero attached hydrogens (tertiary/aromatic N) is 4. The molecule has 0 amide bonds. The summed E-state index contributed by atoms with van der Waals surface area (Å²) in [7, 11) is 0. The number of ketones is 1. The van der Waals surface area contributed by atoms with Gasteiger partial charge >= 0.3 is 0 Å². The molecule has 4 rings (SSSR count). The first-order valence-electron chi connectivity index (χ1n) is 8.80. The maximum absolute atomic E-state index is 12.7. The fraction of sp³-hybridized carbons (Fsp3) is 0.200. The summed E-state index contributed by atoms with van der Waals surface area (Å²) in [5.41, 5.74) is 2.19. The van der Waals surface area contributed by atoms with E-state index >= 15 is 0 Å². The number of carbonyl (C=O) groups excluding carboxylic acids is 1. The van der Waals surface area contributed by atoms with Gasteiger partial charge in [-0.15, -0.1) is 10.2 Å². The number of hydrogen-bond acceptors (Lipinski definition) is 5. The van der Waals surface area contributed by atoms with E-state index in [1.807, 2.05) is 53.8 Å². The third-order valence-corrected chi connectivity index (χ3v) is 4.61. The van der Waals surface area contributed by atoms with E-state index in [0.29, 0.717) is 35.6 Å². The molecule has 7 nitrogen and oxygen atoms in total. The third-order valence-electron chi connectivity index (χ3n) is 4.61. The number of fused-ring (bicyclic) bond motifs is 3. The number of Topliss-reactive ketones (excluding diaryl/α,β-unsaturated/α-hetero) is 1. The van der Waals surface area contributed by atoms with Crippen LogP contribution in [0.2, 0.25) is 0 Å². The van der Waals surface area contributed by atoms with E-state index in [0.717, 1.165) is 11.2 Å². The van der Waals surface area contributed by atoms with Crippen molar-refractivity contribution in [3.63, 3.8) is 0 Å². The molecule has 0 atom stereocenters. The predicted octanol–water partition coefficient (Wildman–Crippen LogP) is 2.88. The van der Waals surface area contributed by atoms with Crippen LogP contribution in [0.4, 0.5) is 5.69 Å². The van der Waals surface area contributed by atoms with Crippen LogP contribution in [0.3, 0.4) is 0 Å². The number of aryl methyl sites for hydroxylation is 1. The summed E-state index contributed by atoms with van der Waals surface area (Å²) in [6.07, 6.45) is 0. The van der Waals surface area contributed by atoms with Crippen LogP contribution in [0, 0.1) is 0 Å². The fourth-order valence-corrected chi connectivity index (χ4v) is 3.24. The third kappa shape index (κ3) is 2.87. The Morgan fingerprint density at radius 2 is 1.93 bits per heavy atom. The van der Waals surface area contributed by atoms with Crippen molar-refractivity contribution in [2.75, 3.05) is 5.32 Å². The van der Waals surface area contributed by atoms with Crippen LogP contribution in [0.5, 0.6) is 0 Å². The van der Waals surface area contributed by atoms with Crippen molar-refractivity contribution in [2.45, 2.75) is 26.9 Å². The Bertz CT molecular complexity index is 1220. The molecule has 2 aromatic heterocycles. The molecule has 0 saturated heterocycles. The van der Waals surface area contributed by atoms with Crippen LogP contribution in [0.25, 0.3) is 16.7 Å². The molecule has 2 aromatic carbocycles. The summed E-state index contributed by atoms with van der Waals surface area (Å²) in [4.78, 5) is 24.3. The van der Waals surface area contributed by atoms with Gasteiger partial charge in [-0.2, -0.15) is 0 Å². The van der Waals surface area contributed by atoms with Crippen LogP contribution in [-0.4, -0.2) is 24.9 Å². The molecule has 0 spiro atoms. The highest BCUT2D eigenvalue weighted by molar-refractivity contribution is 5.94. The lowest BCUT2D eigenvalue weighted by atomic mass is 10.1. The monoisotopic (exact) mass is 361 g/mol. The molecule has 0 fully saturated rings. The van der Waals surface area contributed by atoms with Crippen molar-refractivity contribution in [3.05, 3.63) is 70.3 Å². The van der Waals surface area contributed by atoms with Crippen LogP contribution >= 0.6 is 0 Å². The summed E-state index contributed by atoms with van der Waals surface area (Å²) in [6, 6.07) is 14.8. The lowest BCUT2D eigenvalue weighted by Crippen LogP contribution is -2.22. The van der Waals surface area contributed by atoms with Gasteiger partial charge in [0.15, 0.2) is 11.6 Å². The van der Waals surface area contributed by atoms with Crippen LogP contribution in [0.1, 0.15) is 30.0 Å². The zero-order valence-electron chi connectivity index (χ0n) is 15.1. The Kier molecular flexibility index (Phi) is 4.19. The number of aromatic nitrogens is 4. The quantitative estimate of drug-likeness (QED) is 0.553. The smallest absolute Gasteiger partial charge is 0.262 e. The zero-order chi connectivity index (χ0) is 19.0. The van der Waals surface area contributed by atoms with Gasteiger partial charge in [-0.1, -0.05) is 24.3 Å². The first kappa shape index (κ1) is 17.0. The summed E-state index contributed by atoms with van der Waals surface area (Å²) in [6.45, 7) is 4.38. The molecular formula is C20H19N5O2. The van der Waals surface area contributed by atoms with Crippen molar-refractivity contribution >= 4 is 28.2 Å². The van der Waals surface area contributed by atoms with E-state index in [1.165, 1.54) is 0 Å². The normalized spacial score (nSPS) is 11.2. The van der Waals surface area contributed by atoms with E-state index in [9.17, 15) is 9.59 Å². The van der Waals surface area contributed by atoms with E-state index in [2.05, 4.69) is 15.5 Å². The molecule has 1 N–H and O–H groups in total. The van der Waals surface area contributed by atoms with E-state index < -0.39 is 0 Å². The van der Waals surface area contributed by atoms with Gasteiger partial charge in [0.25, 0.3) is 5.56 Å². The van der Waals surface area contributed by atoms with Gasteiger partial charge < -0.3 is 5.32 Å². The van der Waals surface area contributed by atoms with Crippen LogP contribution in [-0.2, 0) is 13.1 Å². The van der Waals surface area contributed by atoms with Crippen LogP contribution in [0.15, 0.2) is 53.3 Å². The number of nitrogens with one attached hydrogen (secondary N) is 1. The summed E-state index contributed by atoms with van der Waals surface area (Å²) in [5, 5.41) is 12.5. The lowest BCUT2D eigenvalue weighted by Gasteiger charge is -2.10. The van der Waals surface area contributed by atoms with Gasteiger partial charge in [0.05, 0.1) is 17.4 Å². The Morgan fingerprint density at radius 3 is 2.70 bits per heavy atom. The largest absolute Gasteiger partial charge is 0.378 e. The molecule has 27 heavy (non-hydrogen) atoms. The first-order chi connectivity index (χ1) is 13.1. The van der Waals surface area contributed by atoms with Crippen molar-refractivity contribution in [2.24, 2.45) is 0 Å². The molecule has 0 radical (unpaired) electrons. The Labute approximate surface area is 155 Å². The van der Waals surface area contributed by atoms with Crippen LogP contribution < -0.4 is 10.9 Å². The minimum Gasteiger partial charge on any atom is -0.378 e. The van der Waals surface area contributed by atoms with E-state index in [-0.39, 0.29) is 11.3 Å². The second-order valence-electron chi connectivity index (χ2n) is 6.31. The Balaban J connectivity index is 1.79. The number of anilines is 1. The zero-order valence-corrected chi connectivity index (χ0v) is 15.1. The van der Waals surface area contributed by atoms with Gasteiger partial charge in [-0.3, -0.25) is 18.6 Å².